The van der Waals surface area contributed by atoms with Crippen molar-refractivity contribution in [1.82, 2.24) is 4.98 Å². The van der Waals surface area contributed by atoms with Gasteiger partial charge in [-0.3, -0.25) is 4.98 Å². The van der Waals surface area contributed by atoms with E-state index in [2.05, 4.69) is 31.0 Å². The summed E-state index contributed by atoms with van der Waals surface area (Å²) in [5.41, 5.74) is 4.39. The van der Waals surface area contributed by atoms with E-state index in [1.165, 1.54) is 11.1 Å². The second-order valence-corrected chi connectivity index (χ2v) is 5.15. The number of fused-ring (bicyclic) bond motifs is 1. The van der Waals surface area contributed by atoms with Crippen LogP contribution in [0.1, 0.15) is 16.8 Å². The van der Waals surface area contributed by atoms with Crippen LogP contribution < -0.4 is 4.74 Å². The maximum absolute atomic E-state index is 6.04. The molecule has 0 amide bonds. The Hall–Kier alpha value is -2.35. The Bertz CT molecular complexity index is 763. The largest absolute Gasteiger partial charge is 0.457 e. The lowest BCUT2D eigenvalue weighted by Gasteiger charge is -2.12. The predicted molar refractivity (Wildman–Crippen MR) is 82.5 cm³/mol. The van der Waals surface area contributed by atoms with Crippen molar-refractivity contribution < 1.29 is 4.74 Å². The fraction of sp³-hybridized carbons (Fsp3) is 0.167. The van der Waals surface area contributed by atoms with Gasteiger partial charge in [-0.25, -0.2) is 0 Å². The molecule has 0 aliphatic rings. The maximum atomic E-state index is 6.04. The molecular weight excluding hydrogens is 246 g/mol. The molecule has 2 aromatic carbocycles. The Balaban J connectivity index is 2.19. The van der Waals surface area contributed by atoms with Crippen LogP contribution >= 0.6 is 0 Å². The lowest BCUT2D eigenvalue weighted by Crippen LogP contribution is -1.93. The summed E-state index contributed by atoms with van der Waals surface area (Å²) >= 11 is 0. The van der Waals surface area contributed by atoms with E-state index < -0.39 is 0 Å². The zero-order chi connectivity index (χ0) is 14.1. The van der Waals surface area contributed by atoms with Crippen molar-refractivity contribution in [3.63, 3.8) is 0 Å². The molecule has 1 aromatic heterocycles. The van der Waals surface area contributed by atoms with Gasteiger partial charge in [-0.1, -0.05) is 24.3 Å². The summed E-state index contributed by atoms with van der Waals surface area (Å²) in [5.74, 6) is 1.71. The third kappa shape index (κ3) is 2.37. The number of ether oxygens (including phenoxy) is 1. The molecule has 3 rings (SSSR count). The van der Waals surface area contributed by atoms with Crippen molar-refractivity contribution in [1.29, 1.82) is 0 Å². The summed E-state index contributed by atoms with van der Waals surface area (Å²) in [7, 11) is 0. The molecule has 0 bridgehead atoms. The minimum Gasteiger partial charge on any atom is -0.457 e. The molecule has 0 aliphatic carbocycles. The highest BCUT2D eigenvalue weighted by molar-refractivity contribution is 5.88. The van der Waals surface area contributed by atoms with Gasteiger partial charge in [0.05, 0.1) is 5.52 Å². The number of aryl methyl sites for hydroxylation is 3. The van der Waals surface area contributed by atoms with Crippen molar-refractivity contribution in [2.45, 2.75) is 20.8 Å². The van der Waals surface area contributed by atoms with Crippen LogP contribution in [0.15, 0.2) is 48.5 Å². The van der Waals surface area contributed by atoms with Crippen LogP contribution in [-0.2, 0) is 0 Å². The Morgan fingerprint density at radius 3 is 2.40 bits per heavy atom. The van der Waals surface area contributed by atoms with Crippen molar-refractivity contribution in [3.05, 3.63) is 65.4 Å². The van der Waals surface area contributed by atoms with Crippen molar-refractivity contribution in [3.8, 4) is 11.5 Å². The Labute approximate surface area is 119 Å². The molecule has 3 aromatic rings. The third-order valence-electron chi connectivity index (χ3n) is 3.31. The van der Waals surface area contributed by atoms with E-state index in [0.29, 0.717) is 0 Å². The number of nitrogens with zero attached hydrogens (tertiary/aromatic N) is 1. The third-order valence-corrected chi connectivity index (χ3v) is 3.31. The summed E-state index contributed by atoms with van der Waals surface area (Å²) in [6, 6.07) is 16.1. The standard InChI is InChI=1S/C18H17NO/c1-12-9-13(2)18-16(10-12)17(11-14(3)19-18)20-15-7-5-4-6-8-15/h4-11H,1-3H3. The summed E-state index contributed by atoms with van der Waals surface area (Å²) in [4.78, 5) is 4.64. The fourth-order valence-electron chi connectivity index (χ4n) is 2.47. The zero-order valence-electron chi connectivity index (χ0n) is 12.0. The van der Waals surface area contributed by atoms with Gasteiger partial charge in [-0.15, -0.1) is 0 Å². The number of para-hydroxylation sites is 1. The molecule has 0 fully saturated rings. The van der Waals surface area contributed by atoms with Crippen LogP contribution in [0, 0.1) is 20.8 Å². The SMILES string of the molecule is Cc1cc(C)c2nc(C)cc(Oc3ccccc3)c2c1. The van der Waals surface area contributed by atoms with E-state index in [9.17, 15) is 0 Å². The number of rotatable bonds is 2. The van der Waals surface area contributed by atoms with Crippen LogP contribution in [0.25, 0.3) is 10.9 Å². The van der Waals surface area contributed by atoms with Gasteiger partial charge in [0, 0.05) is 17.1 Å². The molecule has 0 atom stereocenters. The molecule has 1 heterocycles. The minimum atomic E-state index is 0.846. The molecule has 0 spiro atoms. The quantitative estimate of drug-likeness (QED) is 0.652. The molecule has 0 unspecified atom stereocenters. The van der Waals surface area contributed by atoms with Gasteiger partial charge in [0.1, 0.15) is 11.5 Å². The molecule has 20 heavy (non-hydrogen) atoms. The number of hydrogen-bond acceptors (Lipinski definition) is 2. The van der Waals surface area contributed by atoms with Crippen LogP contribution in [0.2, 0.25) is 0 Å². The van der Waals surface area contributed by atoms with Crippen LogP contribution in [0.5, 0.6) is 11.5 Å². The van der Waals surface area contributed by atoms with Gasteiger partial charge in [0.15, 0.2) is 0 Å². The predicted octanol–water partition coefficient (Wildman–Crippen LogP) is 4.95. The smallest absolute Gasteiger partial charge is 0.138 e. The molecule has 0 radical (unpaired) electrons. The lowest BCUT2D eigenvalue weighted by atomic mass is 10.1. The molecule has 0 saturated heterocycles. The van der Waals surface area contributed by atoms with Crippen LogP contribution in [0.3, 0.4) is 0 Å². The summed E-state index contributed by atoms with van der Waals surface area (Å²) < 4.78 is 6.04. The van der Waals surface area contributed by atoms with Gasteiger partial charge in [0.25, 0.3) is 0 Å². The van der Waals surface area contributed by atoms with Crippen molar-refractivity contribution in [2.75, 3.05) is 0 Å². The van der Waals surface area contributed by atoms with Gasteiger partial charge in [-0.2, -0.15) is 0 Å². The lowest BCUT2D eigenvalue weighted by molar-refractivity contribution is 0.487. The van der Waals surface area contributed by atoms with E-state index in [1.54, 1.807) is 0 Å². The molecule has 0 N–H and O–H groups in total. The maximum Gasteiger partial charge on any atom is 0.138 e. The number of benzene rings is 2. The van der Waals surface area contributed by atoms with E-state index >= 15 is 0 Å². The van der Waals surface area contributed by atoms with Crippen LogP contribution in [0.4, 0.5) is 0 Å². The molecule has 2 nitrogen and oxygen atoms in total. The Morgan fingerprint density at radius 1 is 0.900 bits per heavy atom. The number of pyridine rings is 1. The molecule has 0 aliphatic heterocycles. The first-order valence-corrected chi connectivity index (χ1v) is 6.75. The minimum absolute atomic E-state index is 0.846. The molecule has 0 saturated carbocycles. The second-order valence-electron chi connectivity index (χ2n) is 5.15. The second kappa shape index (κ2) is 4.97. The molecular formula is C18H17NO. The zero-order valence-corrected chi connectivity index (χ0v) is 12.0. The Kier molecular flexibility index (Phi) is 3.15. The molecule has 100 valence electrons. The van der Waals surface area contributed by atoms with Gasteiger partial charge in [-0.05, 0) is 50.1 Å². The molecule has 2 heteroatoms. The average molecular weight is 263 g/mol. The van der Waals surface area contributed by atoms with E-state index in [-0.39, 0.29) is 0 Å². The normalized spacial score (nSPS) is 10.8. The highest BCUT2D eigenvalue weighted by Gasteiger charge is 2.09. The highest BCUT2D eigenvalue weighted by atomic mass is 16.5. The summed E-state index contributed by atoms with van der Waals surface area (Å²) in [5, 5.41) is 1.07. The van der Waals surface area contributed by atoms with Crippen molar-refractivity contribution >= 4 is 10.9 Å². The Morgan fingerprint density at radius 2 is 1.65 bits per heavy atom. The summed E-state index contributed by atoms with van der Waals surface area (Å²) in [6.45, 7) is 6.18. The first kappa shape index (κ1) is 12.7. The van der Waals surface area contributed by atoms with Crippen molar-refractivity contribution in [2.24, 2.45) is 0 Å². The first-order chi connectivity index (χ1) is 9.63. The monoisotopic (exact) mass is 263 g/mol. The number of hydrogen-bond donors (Lipinski definition) is 0. The van der Waals surface area contributed by atoms with E-state index in [1.807, 2.05) is 43.3 Å². The van der Waals surface area contributed by atoms with Gasteiger partial charge >= 0.3 is 0 Å². The fourth-order valence-corrected chi connectivity index (χ4v) is 2.47. The average Bonchev–Trinajstić information content (AvgIpc) is 2.41. The van der Waals surface area contributed by atoms with E-state index in [0.717, 1.165) is 28.1 Å². The van der Waals surface area contributed by atoms with Crippen LogP contribution in [-0.4, -0.2) is 4.98 Å². The number of aromatic nitrogens is 1. The highest BCUT2D eigenvalue weighted by Crippen LogP contribution is 2.32. The first-order valence-electron chi connectivity index (χ1n) is 6.75. The topological polar surface area (TPSA) is 22.1 Å². The van der Waals surface area contributed by atoms with Gasteiger partial charge < -0.3 is 4.74 Å². The van der Waals surface area contributed by atoms with Gasteiger partial charge in [0.2, 0.25) is 0 Å². The summed E-state index contributed by atoms with van der Waals surface area (Å²) in [6.07, 6.45) is 0. The van der Waals surface area contributed by atoms with E-state index in [4.69, 9.17) is 4.74 Å².